The molecule has 0 aliphatic carbocycles. The molecule has 3 N–H and O–H groups in total. The lowest BCUT2D eigenvalue weighted by molar-refractivity contribution is -0.274. The summed E-state index contributed by atoms with van der Waals surface area (Å²) in [6, 6.07) is 6.69. The van der Waals surface area contributed by atoms with E-state index in [1.807, 2.05) is 5.32 Å². The van der Waals surface area contributed by atoms with Gasteiger partial charge in [0, 0.05) is 33.8 Å². The van der Waals surface area contributed by atoms with E-state index in [1.54, 1.807) is 0 Å². The van der Waals surface area contributed by atoms with E-state index < -0.39 is 61.2 Å². The molecule has 0 bridgehead atoms. The van der Waals surface area contributed by atoms with Crippen LogP contribution >= 0.6 is 0 Å². The molecule has 198 valence electrons. The van der Waals surface area contributed by atoms with Crippen LogP contribution in [0, 0.1) is 5.82 Å². The quantitative estimate of drug-likeness (QED) is 0.299. The van der Waals surface area contributed by atoms with Crippen LogP contribution in [0.15, 0.2) is 48.7 Å². The average Bonchev–Trinajstić information content (AvgIpc) is 3.31. The number of pyridine rings is 1. The summed E-state index contributed by atoms with van der Waals surface area (Å²) in [5.41, 5.74) is -0.00806. The van der Waals surface area contributed by atoms with E-state index in [-0.39, 0.29) is 22.2 Å². The number of H-pyrrole nitrogens is 1. The summed E-state index contributed by atoms with van der Waals surface area (Å²) in [4.78, 5) is 29.6. The first-order valence-corrected chi connectivity index (χ1v) is 10.7. The Morgan fingerprint density at radius 2 is 1.92 bits per heavy atom. The number of ether oxygens (including phenoxy) is 2. The molecule has 0 aliphatic rings. The Hall–Kier alpha value is -4.68. The highest BCUT2D eigenvalue weighted by atomic mass is 19.4. The number of fused-ring (bicyclic) bond motifs is 1. The number of methoxy groups -OCH3 is 1. The van der Waals surface area contributed by atoms with Gasteiger partial charge in [0.25, 0.3) is 11.8 Å². The largest absolute Gasteiger partial charge is 0.573 e. The summed E-state index contributed by atoms with van der Waals surface area (Å²) in [5, 5.41) is 11.0. The molecule has 0 unspecified atom stereocenters. The zero-order chi connectivity index (χ0) is 32.6. The minimum absolute atomic E-state index is 0.187. The number of nitrogens with one attached hydrogen (secondary N) is 3. The van der Waals surface area contributed by atoms with Gasteiger partial charge < -0.3 is 20.1 Å². The van der Waals surface area contributed by atoms with Crippen molar-refractivity contribution in [1.29, 1.82) is 0 Å². The number of halogens is 4. The summed E-state index contributed by atoms with van der Waals surface area (Å²) >= 11 is 0. The Morgan fingerprint density at radius 1 is 1.11 bits per heavy atom. The molecule has 4 rings (SSSR count). The van der Waals surface area contributed by atoms with Crippen molar-refractivity contribution in [3.63, 3.8) is 0 Å². The molecule has 0 aliphatic heterocycles. The number of aromatic nitrogens is 3. The van der Waals surface area contributed by atoms with Crippen LogP contribution in [0.4, 0.5) is 17.6 Å². The van der Waals surface area contributed by atoms with Crippen LogP contribution in [-0.4, -0.2) is 47.4 Å². The molecule has 0 fully saturated rings. The third-order valence-corrected chi connectivity index (χ3v) is 5.43. The lowest BCUT2D eigenvalue weighted by Gasteiger charge is -2.18. The van der Waals surface area contributed by atoms with Gasteiger partial charge >= 0.3 is 6.36 Å². The summed E-state index contributed by atoms with van der Waals surface area (Å²) in [6.45, 7) is -1.46. The zero-order valence-electron chi connectivity index (χ0n) is 25.2. The highest BCUT2D eigenvalue weighted by Gasteiger charge is 2.31. The topological polar surface area (TPSA) is 118 Å². The molecule has 2 amide bonds. The Balaban J connectivity index is 1.67. The second kappa shape index (κ2) is 10.4. The van der Waals surface area contributed by atoms with Crippen molar-refractivity contribution in [2.75, 3.05) is 14.0 Å². The molecular formula is C25H21F4N5O4. The molecule has 0 radical (unpaired) electrons. The molecule has 38 heavy (non-hydrogen) atoms. The van der Waals surface area contributed by atoms with Crippen molar-refractivity contribution in [2.24, 2.45) is 0 Å². The second-order valence-corrected chi connectivity index (χ2v) is 7.89. The summed E-state index contributed by atoms with van der Waals surface area (Å²) in [6.07, 6.45) is -3.85. The van der Waals surface area contributed by atoms with Crippen LogP contribution in [0.3, 0.4) is 0 Å². The van der Waals surface area contributed by atoms with Gasteiger partial charge in [-0.15, -0.1) is 13.2 Å². The van der Waals surface area contributed by atoms with E-state index in [0.29, 0.717) is 11.1 Å². The van der Waals surface area contributed by atoms with Crippen LogP contribution < -0.4 is 20.1 Å². The van der Waals surface area contributed by atoms with Gasteiger partial charge in [-0.25, -0.2) is 9.37 Å². The fourth-order valence-electron chi connectivity index (χ4n) is 3.69. The minimum atomic E-state index is -5.04. The Kier molecular flexibility index (Phi) is 5.30. The van der Waals surface area contributed by atoms with Gasteiger partial charge in [0.15, 0.2) is 5.69 Å². The second-order valence-electron chi connectivity index (χ2n) is 7.89. The molecule has 2 aromatic carbocycles. The summed E-state index contributed by atoms with van der Waals surface area (Å²) < 4.78 is 105. The van der Waals surface area contributed by atoms with Crippen molar-refractivity contribution >= 4 is 22.7 Å². The number of rotatable bonds is 7. The first-order chi connectivity index (χ1) is 20.3. The maximum atomic E-state index is 14.5. The van der Waals surface area contributed by atoms with E-state index in [4.69, 9.17) is 13.0 Å². The monoisotopic (exact) mass is 537 g/mol. The molecule has 0 spiro atoms. The van der Waals surface area contributed by atoms with Gasteiger partial charge in [0.05, 0.1) is 22.7 Å². The lowest BCUT2D eigenvalue weighted by atomic mass is 10.0. The fraction of sp³-hybridized carbons (Fsp3) is 0.200. The maximum absolute atomic E-state index is 14.5. The lowest BCUT2D eigenvalue weighted by Crippen LogP contribution is -2.28. The van der Waals surface area contributed by atoms with Crippen LogP contribution in [0.1, 0.15) is 47.6 Å². The third kappa shape index (κ3) is 5.51. The molecule has 2 heterocycles. The highest BCUT2D eigenvalue weighted by Crippen LogP contribution is 2.30. The third-order valence-electron chi connectivity index (χ3n) is 5.43. The van der Waals surface area contributed by atoms with E-state index >= 15 is 0 Å². The Morgan fingerprint density at radius 3 is 2.66 bits per heavy atom. The van der Waals surface area contributed by atoms with E-state index in [9.17, 15) is 27.2 Å². The number of hydrogen-bond donors (Lipinski definition) is 3. The van der Waals surface area contributed by atoms with E-state index in [0.717, 1.165) is 18.2 Å². The van der Waals surface area contributed by atoms with Crippen molar-refractivity contribution in [2.45, 2.75) is 19.3 Å². The highest BCUT2D eigenvalue weighted by molar-refractivity contribution is 6.05. The molecule has 4 aromatic rings. The van der Waals surface area contributed by atoms with Crippen molar-refractivity contribution < 1.29 is 44.8 Å². The predicted octanol–water partition coefficient (Wildman–Crippen LogP) is 4.52. The van der Waals surface area contributed by atoms with E-state index in [2.05, 4.69) is 25.2 Å². The molecule has 0 saturated carbocycles. The van der Waals surface area contributed by atoms with Gasteiger partial charge in [-0.3, -0.25) is 14.7 Å². The number of nitrogens with zero attached hydrogens (tertiary/aromatic N) is 2. The fourth-order valence-corrected chi connectivity index (χ4v) is 3.69. The van der Waals surface area contributed by atoms with Crippen LogP contribution in [0.5, 0.6) is 11.6 Å². The number of amides is 2. The Labute approximate surface area is 221 Å². The molecule has 1 atom stereocenters. The SMILES string of the molecule is [2H]C([2H])([2H])NC(=O)c1n[nH]c2cc(-c3cnc(OC([2H])([2H])[2H])c(C(=O)N[C@@H](C)c4cc(OC(F)(F)F)ccc4F)c3)ccc12. The molecule has 2 aromatic heterocycles. The summed E-state index contributed by atoms with van der Waals surface area (Å²) in [7, 11) is -3.02. The number of alkyl halides is 3. The van der Waals surface area contributed by atoms with E-state index in [1.165, 1.54) is 37.4 Å². The number of aromatic amines is 1. The van der Waals surface area contributed by atoms with Crippen molar-refractivity contribution in [3.05, 3.63) is 71.3 Å². The van der Waals surface area contributed by atoms with Crippen molar-refractivity contribution in [1.82, 2.24) is 25.8 Å². The van der Waals surface area contributed by atoms with Gasteiger partial charge in [-0.2, -0.15) is 5.10 Å². The number of carbonyl (C=O) groups excluding carboxylic acids is 2. The first-order valence-electron chi connectivity index (χ1n) is 13.7. The van der Waals surface area contributed by atoms with Crippen LogP contribution in [-0.2, 0) is 0 Å². The standard InChI is InChI=1S/C25H21F4N5O4/c1-12(17-10-15(5-7-19(17)26)38-25(27,28)29)32-22(35)18-8-14(11-31-24(18)37-3)13-4-6-16-20(9-13)33-34-21(16)23(36)30-2/h4-12H,1-3H3,(H,30,36)(H,32,35)(H,33,34)/t12-/m0/s1/i2D3,3D3. The summed E-state index contributed by atoms with van der Waals surface area (Å²) in [5.74, 6) is -4.23. The molecule has 0 saturated heterocycles. The van der Waals surface area contributed by atoms with Gasteiger partial charge in [-0.1, -0.05) is 6.07 Å². The number of benzene rings is 2. The molecule has 13 heteroatoms. The van der Waals surface area contributed by atoms with Crippen molar-refractivity contribution in [3.8, 4) is 22.8 Å². The minimum Gasteiger partial charge on any atom is -0.480 e. The number of carbonyl (C=O) groups is 2. The van der Waals surface area contributed by atoms with Gasteiger partial charge in [-0.05, 0) is 48.9 Å². The Bertz CT molecular complexity index is 1730. The zero-order valence-corrected chi connectivity index (χ0v) is 19.2. The maximum Gasteiger partial charge on any atom is 0.573 e. The van der Waals surface area contributed by atoms with Crippen LogP contribution in [0.2, 0.25) is 0 Å². The average molecular weight is 538 g/mol. The smallest absolute Gasteiger partial charge is 0.480 e. The van der Waals surface area contributed by atoms with Gasteiger partial charge in [0.1, 0.15) is 17.1 Å². The normalized spacial score (nSPS) is 15.2. The van der Waals surface area contributed by atoms with Gasteiger partial charge in [0.2, 0.25) is 5.88 Å². The number of hydrogen-bond acceptors (Lipinski definition) is 6. The molecule has 9 nitrogen and oxygen atoms in total. The first kappa shape index (κ1) is 19.4. The van der Waals surface area contributed by atoms with Crippen LogP contribution in [0.25, 0.3) is 22.0 Å². The molecular weight excluding hydrogens is 510 g/mol. The predicted molar refractivity (Wildman–Crippen MR) is 128 cm³/mol.